The van der Waals surface area contributed by atoms with E-state index in [1.807, 2.05) is 0 Å². The first-order valence-electron chi connectivity index (χ1n) is 17.9. The molecule has 2 aliphatic carbocycles. The van der Waals surface area contributed by atoms with E-state index in [1.54, 1.807) is 0 Å². The average Bonchev–Trinajstić information content (AvgIpc) is 3.66. The summed E-state index contributed by atoms with van der Waals surface area (Å²) in [6.45, 7) is 1.92. The predicted molar refractivity (Wildman–Crippen MR) is 165 cm³/mol. The minimum absolute atomic E-state index is 0.0671. The first-order valence-corrected chi connectivity index (χ1v) is 19.2. The summed E-state index contributed by atoms with van der Waals surface area (Å²) in [6, 6.07) is -4.20. The van der Waals surface area contributed by atoms with Gasteiger partial charge in [0.1, 0.15) is 24.3 Å². The number of urea groups is 2. The smallest absolute Gasteiger partial charge is 0.420 e. The maximum atomic E-state index is 13.8. The van der Waals surface area contributed by atoms with Crippen LogP contribution in [0.4, 0.5) is 9.59 Å². The number of fused-ring (bicyclic) bond motifs is 6. The van der Waals surface area contributed by atoms with E-state index in [9.17, 15) is 28.2 Å². The molecule has 4 N–H and O–H groups in total. The number of aliphatic hydroxyl groups excluding tert-OH is 2. The van der Waals surface area contributed by atoms with Gasteiger partial charge in [-0.05, 0) is 88.1 Å². The first kappa shape index (κ1) is 32.2. The minimum Gasteiger partial charge on any atom is -0.420 e. The highest BCUT2D eigenvalue weighted by Gasteiger charge is 2.67. The fourth-order valence-corrected chi connectivity index (χ4v) is 10.1. The highest BCUT2D eigenvalue weighted by atomic mass is 32.3. The molecule has 8 atom stereocenters. The molecule has 8 heterocycles. The maximum absolute atomic E-state index is 13.8. The third-order valence-electron chi connectivity index (χ3n) is 12.6. The molecule has 0 radical (unpaired) electrons. The maximum Gasteiger partial charge on any atom is 0.442 e. The van der Waals surface area contributed by atoms with Crippen LogP contribution in [0.25, 0.3) is 0 Å². The number of hydrogen-bond donors (Lipinski definition) is 4. The fourth-order valence-electron chi connectivity index (χ4n) is 9.39. The van der Waals surface area contributed by atoms with Gasteiger partial charge in [0.15, 0.2) is 0 Å². The molecular weight excluding hydrogens is 692 g/mol. The Morgan fingerprint density at radius 1 is 0.725 bits per heavy atom. The number of nitrogens with zero attached hydrogens (tertiary/aromatic N) is 8. The molecule has 2 aromatic rings. The summed E-state index contributed by atoms with van der Waals surface area (Å²) in [4.78, 5) is 30.4. The van der Waals surface area contributed by atoms with Gasteiger partial charge in [0, 0.05) is 25.2 Å². The monoisotopic (exact) mass is 732 g/mol. The lowest BCUT2D eigenvalue weighted by atomic mass is 9.85. The second kappa shape index (κ2) is 11.3. The van der Waals surface area contributed by atoms with Gasteiger partial charge < -0.3 is 39.5 Å². The number of carbonyl (C=O) groups excluding carboxylic acids is 2. The van der Waals surface area contributed by atoms with E-state index in [0.717, 1.165) is 74.6 Å². The van der Waals surface area contributed by atoms with Crippen molar-refractivity contribution in [3.05, 3.63) is 23.6 Å². The van der Waals surface area contributed by atoms with Gasteiger partial charge in [-0.2, -0.15) is 18.5 Å². The Balaban J connectivity index is 0.846. The molecule has 4 bridgehead atoms. The van der Waals surface area contributed by atoms with Crippen molar-refractivity contribution in [1.29, 1.82) is 0 Å². The van der Waals surface area contributed by atoms with Crippen molar-refractivity contribution in [2.24, 2.45) is 10.8 Å². The second-order valence-electron chi connectivity index (χ2n) is 15.5. The zero-order valence-corrected chi connectivity index (χ0v) is 28.5. The van der Waals surface area contributed by atoms with E-state index in [0.29, 0.717) is 12.8 Å². The second-order valence-corrected chi connectivity index (χ2v) is 16.6. The van der Waals surface area contributed by atoms with Gasteiger partial charge in [0.2, 0.25) is 23.6 Å². The van der Waals surface area contributed by atoms with Crippen molar-refractivity contribution in [1.82, 2.24) is 51.0 Å². The number of hydroxylamine groups is 4. The van der Waals surface area contributed by atoms with Gasteiger partial charge in [0.05, 0.1) is 12.1 Å². The lowest BCUT2D eigenvalue weighted by Crippen LogP contribution is -2.45. The number of rotatable bonds is 10. The summed E-state index contributed by atoms with van der Waals surface area (Å²) < 4.78 is 49.8. The van der Waals surface area contributed by atoms with Crippen LogP contribution in [0.15, 0.2) is 8.83 Å². The van der Waals surface area contributed by atoms with Crippen molar-refractivity contribution in [2.45, 2.75) is 113 Å². The van der Waals surface area contributed by atoms with Crippen molar-refractivity contribution >= 4 is 22.5 Å². The van der Waals surface area contributed by atoms with E-state index in [1.165, 1.54) is 9.80 Å². The van der Waals surface area contributed by atoms with Gasteiger partial charge in [-0.3, -0.25) is 0 Å². The molecule has 10 rings (SSSR count). The van der Waals surface area contributed by atoms with Crippen molar-refractivity contribution < 1.29 is 45.6 Å². The number of aromatic nitrogens is 4. The molecule has 2 spiro atoms. The first-order chi connectivity index (χ1) is 24.5. The van der Waals surface area contributed by atoms with Crippen LogP contribution in [0.3, 0.4) is 0 Å². The SMILES string of the molecule is O=C1N2C[C@H](N1OS(=O)(=O)ON1C(=O)N3C[C@H]1C1(CC1)C[C@H]3c1nnc(C(O)C3CCCN3)o1)C1(CC1)C[C@H]2c1nnc(C(O)C2CCCN2)o1. The van der Waals surface area contributed by atoms with Crippen LogP contribution in [0.2, 0.25) is 0 Å². The summed E-state index contributed by atoms with van der Waals surface area (Å²) in [6.07, 6.45) is 5.30. The zero-order valence-electron chi connectivity index (χ0n) is 27.7. The summed E-state index contributed by atoms with van der Waals surface area (Å²) in [5, 5.41) is 46.2. The standard InChI is InChI=1S/C30H40N10O10S/c41-21(15-3-1-9-31-15)25-35-33-23(47-25)17-11-29(5-6-29)19-13-37(17)27(43)39(19)49-51(45,46)50-40-20-14-38(28(40)44)18(12-30(20)7-8-30)24-34-36-26(48-24)22(42)16-4-2-10-32-16/h15-22,31-32,41-42H,1-14H2/t15?,16?,17-,18-,19-,20-,21?,22?/m0/s1. The summed E-state index contributed by atoms with van der Waals surface area (Å²) in [5.41, 5.74) is -0.852. The van der Waals surface area contributed by atoms with E-state index in [4.69, 9.17) is 17.4 Å². The molecule has 2 aromatic heterocycles. The minimum atomic E-state index is -4.96. The van der Waals surface area contributed by atoms with Crippen molar-refractivity contribution in [3.8, 4) is 0 Å². The molecular formula is C30H40N10O10S. The Labute approximate surface area is 292 Å². The Kier molecular flexibility index (Phi) is 7.11. The molecule has 20 nitrogen and oxygen atoms in total. The number of amides is 4. The number of piperidine rings is 2. The van der Waals surface area contributed by atoms with Crippen LogP contribution < -0.4 is 10.6 Å². The summed E-state index contributed by atoms with van der Waals surface area (Å²) >= 11 is 0. The summed E-state index contributed by atoms with van der Waals surface area (Å²) in [7, 11) is -4.96. The highest BCUT2D eigenvalue weighted by molar-refractivity contribution is 7.81. The quantitative estimate of drug-likeness (QED) is 0.260. The fraction of sp³-hybridized carbons (Fsp3) is 0.800. The molecule has 4 unspecified atom stereocenters. The Bertz CT molecular complexity index is 1710. The molecule has 21 heteroatoms. The topological polar surface area (TPSA) is 242 Å². The van der Waals surface area contributed by atoms with Gasteiger partial charge in [-0.1, -0.05) is 0 Å². The molecule has 4 amide bonds. The van der Waals surface area contributed by atoms with E-state index in [2.05, 4.69) is 31.0 Å². The molecule has 8 aliphatic rings. The van der Waals surface area contributed by atoms with Crippen LogP contribution in [-0.4, -0.2) is 121 Å². The van der Waals surface area contributed by atoms with Gasteiger partial charge >= 0.3 is 22.5 Å². The van der Waals surface area contributed by atoms with E-state index in [-0.39, 0.29) is 48.7 Å². The molecule has 8 fully saturated rings. The van der Waals surface area contributed by atoms with Crippen LogP contribution in [-0.2, 0) is 19.0 Å². The predicted octanol–water partition coefficient (Wildman–Crippen LogP) is 0.494. The Morgan fingerprint density at radius 2 is 1.16 bits per heavy atom. The van der Waals surface area contributed by atoms with Crippen molar-refractivity contribution in [2.75, 3.05) is 26.2 Å². The normalized spacial score (nSPS) is 34.4. The van der Waals surface area contributed by atoms with Crippen LogP contribution in [0, 0.1) is 10.8 Å². The highest BCUT2D eigenvalue weighted by Crippen LogP contribution is 2.63. The molecule has 2 saturated carbocycles. The van der Waals surface area contributed by atoms with Crippen LogP contribution >= 0.6 is 0 Å². The lowest BCUT2D eigenvalue weighted by Gasteiger charge is -2.35. The van der Waals surface area contributed by atoms with E-state index < -0.39 is 69.7 Å². The average molecular weight is 733 g/mol. The number of carbonyl (C=O) groups is 2. The molecule has 6 aliphatic heterocycles. The van der Waals surface area contributed by atoms with Gasteiger partial charge in [0.25, 0.3) is 0 Å². The summed E-state index contributed by atoms with van der Waals surface area (Å²) in [5.74, 6) is 0.481. The number of hydrogen-bond acceptors (Lipinski definition) is 16. The Morgan fingerprint density at radius 3 is 1.53 bits per heavy atom. The third-order valence-corrected chi connectivity index (χ3v) is 13.3. The molecule has 0 aromatic carbocycles. The van der Waals surface area contributed by atoms with Crippen LogP contribution in [0.5, 0.6) is 0 Å². The molecule has 6 saturated heterocycles. The molecule has 51 heavy (non-hydrogen) atoms. The van der Waals surface area contributed by atoms with Gasteiger partial charge in [-0.15, -0.1) is 29.0 Å². The van der Waals surface area contributed by atoms with E-state index >= 15 is 0 Å². The van der Waals surface area contributed by atoms with Gasteiger partial charge in [-0.25, -0.2) is 9.59 Å². The lowest BCUT2D eigenvalue weighted by molar-refractivity contribution is -0.101. The zero-order chi connectivity index (χ0) is 34.9. The number of nitrogens with one attached hydrogen (secondary N) is 2. The number of aliphatic hydroxyl groups is 2. The van der Waals surface area contributed by atoms with Crippen molar-refractivity contribution in [3.63, 3.8) is 0 Å². The molecule has 276 valence electrons. The van der Waals surface area contributed by atoms with Crippen LogP contribution in [0.1, 0.15) is 112 Å². The Hall–Kier alpha value is -3.47. The third kappa shape index (κ3) is 5.10. The largest absolute Gasteiger partial charge is 0.442 e.